The summed E-state index contributed by atoms with van der Waals surface area (Å²) in [5.41, 5.74) is 0.907. The van der Waals surface area contributed by atoms with Gasteiger partial charge in [0.05, 0.1) is 17.0 Å². The van der Waals surface area contributed by atoms with E-state index in [1.54, 1.807) is 18.2 Å². The van der Waals surface area contributed by atoms with Crippen molar-refractivity contribution in [2.45, 2.75) is 20.0 Å². The van der Waals surface area contributed by atoms with E-state index >= 15 is 0 Å². The summed E-state index contributed by atoms with van der Waals surface area (Å²) in [6.07, 6.45) is 0.00447. The Balaban J connectivity index is 3.08. The lowest BCUT2D eigenvalue weighted by molar-refractivity contribution is 0.102. The lowest BCUT2D eigenvalue weighted by Crippen LogP contribution is -2.08. The fourth-order valence-electron chi connectivity index (χ4n) is 1.22. The van der Waals surface area contributed by atoms with Crippen molar-refractivity contribution in [1.29, 1.82) is 5.26 Å². The third kappa shape index (κ3) is 3.07. The van der Waals surface area contributed by atoms with Crippen LogP contribution in [0, 0.1) is 11.3 Å². The maximum absolute atomic E-state index is 11.4. The van der Waals surface area contributed by atoms with Crippen molar-refractivity contribution in [2.75, 3.05) is 5.33 Å². The van der Waals surface area contributed by atoms with Crippen molar-refractivity contribution in [1.82, 2.24) is 0 Å². The second kappa shape index (κ2) is 5.66. The van der Waals surface area contributed by atoms with Crippen LogP contribution >= 0.6 is 15.9 Å². The Morgan fingerprint density at radius 2 is 2.25 bits per heavy atom. The Labute approximate surface area is 103 Å². The van der Waals surface area contributed by atoms with E-state index in [9.17, 15) is 4.79 Å². The molecule has 0 saturated heterocycles. The lowest BCUT2D eigenvalue weighted by Gasteiger charge is -2.11. The molecule has 84 valence electrons. The van der Waals surface area contributed by atoms with Crippen LogP contribution in [0.25, 0.3) is 0 Å². The fraction of sp³-hybridized carbons (Fsp3) is 0.333. The first-order chi connectivity index (χ1) is 7.58. The molecule has 1 aromatic carbocycles. The van der Waals surface area contributed by atoms with Crippen molar-refractivity contribution >= 4 is 21.7 Å². The van der Waals surface area contributed by atoms with Gasteiger partial charge in [0.2, 0.25) is 0 Å². The molecule has 1 aromatic rings. The topological polar surface area (TPSA) is 50.1 Å². The van der Waals surface area contributed by atoms with E-state index in [1.165, 1.54) is 0 Å². The number of benzene rings is 1. The lowest BCUT2D eigenvalue weighted by atomic mass is 10.1. The van der Waals surface area contributed by atoms with E-state index in [2.05, 4.69) is 15.9 Å². The first-order valence-corrected chi connectivity index (χ1v) is 6.00. The second-order valence-electron chi connectivity index (χ2n) is 3.55. The molecule has 0 unspecified atom stereocenters. The molecule has 0 saturated carbocycles. The summed E-state index contributed by atoms with van der Waals surface area (Å²) in [5.74, 6) is 0.469. The van der Waals surface area contributed by atoms with Gasteiger partial charge in [-0.05, 0) is 32.0 Å². The summed E-state index contributed by atoms with van der Waals surface area (Å²) in [6.45, 7) is 3.78. The zero-order valence-electron chi connectivity index (χ0n) is 9.16. The number of carbonyl (C=O) groups excluding carboxylic acids is 1. The molecule has 4 heteroatoms. The van der Waals surface area contributed by atoms with Gasteiger partial charge in [0, 0.05) is 5.56 Å². The number of nitriles is 1. The van der Waals surface area contributed by atoms with Crippen LogP contribution in [0.3, 0.4) is 0 Å². The Bertz CT molecular complexity index is 435. The van der Waals surface area contributed by atoms with Crippen LogP contribution in [-0.4, -0.2) is 17.2 Å². The predicted molar refractivity (Wildman–Crippen MR) is 65.0 cm³/mol. The molecule has 0 aliphatic rings. The highest BCUT2D eigenvalue weighted by Gasteiger charge is 2.10. The molecule has 1 rings (SSSR count). The van der Waals surface area contributed by atoms with Crippen molar-refractivity contribution in [3.8, 4) is 11.8 Å². The van der Waals surface area contributed by atoms with Gasteiger partial charge < -0.3 is 4.74 Å². The molecular formula is C12H12BrNO2. The molecule has 3 nitrogen and oxygen atoms in total. The van der Waals surface area contributed by atoms with E-state index in [1.807, 2.05) is 19.9 Å². The number of ether oxygens (including phenoxy) is 1. The van der Waals surface area contributed by atoms with Gasteiger partial charge in [0.15, 0.2) is 5.78 Å². The molecule has 0 atom stereocenters. The first kappa shape index (κ1) is 12.7. The highest BCUT2D eigenvalue weighted by atomic mass is 79.9. The average molecular weight is 282 g/mol. The van der Waals surface area contributed by atoms with Crippen molar-refractivity contribution < 1.29 is 9.53 Å². The maximum atomic E-state index is 11.4. The van der Waals surface area contributed by atoms with Crippen LogP contribution < -0.4 is 4.74 Å². The number of nitrogens with zero attached hydrogens (tertiary/aromatic N) is 1. The highest BCUT2D eigenvalue weighted by Crippen LogP contribution is 2.21. The minimum atomic E-state index is -0.0485. The van der Waals surface area contributed by atoms with Crippen LogP contribution in [0.5, 0.6) is 5.75 Å². The van der Waals surface area contributed by atoms with Crippen molar-refractivity contribution in [3.63, 3.8) is 0 Å². The number of carbonyl (C=O) groups is 1. The number of alkyl halides is 1. The second-order valence-corrected chi connectivity index (χ2v) is 4.11. The van der Waals surface area contributed by atoms with E-state index in [0.717, 1.165) is 0 Å². The van der Waals surface area contributed by atoms with Gasteiger partial charge in [-0.15, -0.1) is 0 Å². The minimum absolute atomic E-state index is 0.00447. The summed E-state index contributed by atoms with van der Waals surface area (Å²) in [5, 5.41) is 9.21. The van der Waals surface area contributed by atoms with E-state index in [4.69, 9.17) is 10.00 Å². The molecular weight excluding hydrogens is 270 g/mol. The molecule has 0 aromatic heterocycles. The summed E-state index contributed by atoms with van der Waals surface area (Å²) < 4.78 is 5.46. The smallest absolute Gasteiger partial charge is 0.173 e. The van der Waals surface area contributed by atoms with Gasteiger partial charge in [-0.3, -0.25) is 4.79 Å². The third-order valence-electron chi connectivity index (χ3n) is 1.91. The van der Waals surface area contributed by atoms with E-state index in [-0.39, 0.29) is 17.2 Å². The molecule has 0 heterocycles. The SMILES string of the molecule is CC(C)Oc1ccc(C(=O)CBr)cc1C#N. The molecule has 0 amide bonds. The predicted octanol–water partition coefficient (Wildman–Crippen LogP) is 2.92. The Hall–Kier alpha value is -1.34. The molecule has 0 spiro atoms. The van der Waals surface area contributed by atoms with Gasteiger partial charge in [-0.2, -0.15) is 5.26 Å². The summed E-state index contributed by atoms with van der Waals surface area (Å²) in [6, 6.07) is 6.91. The molecule has 0 aliphatic heterocycles. The van der Waals surface area contributed by atoms with E-state index in [0.29, 0.717) is 16.9 Å². The minimum Gasteiger partial charge on any atom is -0.490 e. The number of rotatable bonds is 4. The molecule has 16 heavy (non-hydrogen) atoms. The van der Waals surface area contributed by atoms with Crippen LogP contribution in [0.2, 0.25) is 0 Å². The Kier molecular flexibility index (Phi) is 4.51. The number of Topliss-reactive ketones (excluding diaryl/α,β-unsaturated/α-hetero) is 1. The molecule has 0 aliphatic carbocycles. The van der Waals surface area contributed by atoms with Crippen molar-refractivity contribution in [3.05, 3.63) is 29.3 Å². The normalized spacial score (nSPS) is 9.94. The van der Waals surface area contributed by atoms with Gasteiger partial charge >= 0.3 is 0 Å². The summed E-state index contributed by atoms with van der Waals surface area (Å²) in [4.78, 5) is 11.4. The maximum Gasteiger partial charge on any atom is 0.173 e. The van der Waals surface area contributed by atoms with Gasteiger partial charge in [0.25, 0.3) is 0 Å². The van der Waals surface area contributed by atoms with Gasteiger partial charge in [0.1, 0.15) is 11.8 Å². The van der Waals surface area contributed by atoms with Crippen LogP contribution in [0.15, 0.2) is 18.2 Å². The Morgan fingerprint density at radius 3 is 2.75 bits per heavy atom. The zero-order valence-corrected chi connectivity index (χ0v) is 10.7. The molecule has 0 fully saturated rings. The third-order valence-corrected chi connectivity index (χ3v) is 2.42. The molecule has 0 N–H and O–H groups in total. The molecule has 0 bridgehead atoms. The largest absolute Gasteiger partial charge is 0.490 e. The monoisotopic (exact) mass is 281 g/mol. The van der Waals surface area contributed by atoms with E-state index < -0.39 is 0 Å². The number of ketones is 1. The number of halogens is 1. The van der Waals surface area contributed by atoms with Crippen LogP contribution in [-0.2, 0) is 0 Å². The van der Waals surface area contributed by atoms with Gasteiger partial charge in [-0.1, -0.05) is 15.9 Å². The summed E-state index contributed by atoms with van der Waals surface area (Å²) >= 11 is 3.09. The number of hydrogen-bond acceptors (Lipinski definition) is 3. The van der Waals surface area contributed by atoms with Gasteiger partial charge in [-0.25, -0.2) is 0 Å². The van der Waals surface area contributed by atoms with Crippen LogP contribution in [0.4, 0.5) is 0 Å². The fourth-order valence-corrected chi connectivity index (χ4v) is 1.55. The molecule has 0 radical (unpaired) electrons. The highest BCUT2D eigenvalue weighted by molar-refractivity contribution is 9.09. The quantitative estimate of drug-likeness (QED) is 0.630. The Morgan fingerprint density at radius 1 is 1.56 bits per heavy atom. The van der Waals surface area contributed by atoms with Crippen molar-refractivity contribution in [2.24, 2.45) is 0 Å². The standard InChI is InChI=1S/C12H12BrNO2/c1-8(2)16-12-4-3-9(11(15)6-13)5-10(12)7-14/h3-5,8H,6H2,1-2H3. The number of hydrogen-bond donors (Lipinski definition) is 0. The summed E-state index contributed by atoms with van der Waals surface area (Å²) in [7, 11) is 0. The first-order valence-electron chi connectivity index (χ1n) is 4.88. The van der Waals surface area contributed by atoms with Crippen LogP contribution in [0.1, 0.15) is 29.8 Å². The average Bonchev–Trinajstić information content (AvgIpc) is 2.27. The zero-order chi connectivity index (χ0) is 12.1.